The van der Waals surface area contributed by atoms with Crippen molar-refractivity contribution >= 4 is 10.0 Å². The third kappa shape index (κ3) is 3.15. The van der Waals surface area contributed by atoms with Crippen LogP contribution in [0.4, 0.5) is 0 Å². The van der Waals surface area contributed by atoms with Gasteiger partial charge in [0.05, 0.1) is 4.90 Å². The molecule has 0 saturated carbocycles. The minimum atomic E-state index is -3.58. The maximum absolute atomic E-state index is 12.9. The molecule has 7 heteroatoms. The second-order valence-electron chi connectivity index (χ2n) is 6.46. The zero-order chi connectivity index (χ0) is 18.1. The lowest BCUT2D eigenvalue weighted by molar-refractivity contribution is 0.239. The maximum atomic E-state index is 12.9. The monoisotopic (exact) mass is 368 g/mol. The highest BCUT2D eigenvalue weighted by Crippen LogP contribution is 2.21. The molecule has 6 nitrogen and oxygen atoms in total. The largest absolute Gasteiger partial charge is 0.293 e. The summed E-state index contributed by atoms with van der Waals surface area (Å²) in [6, 6.07) is 12.2. The molecule has 2 aromatic heterocycles. The summed E-state index contributed by atoms with van der Waals surface area (Å²) in [6.45, 7) is 4.03. The van der Waals surface area contributed by atoms with Crippen LogP contribution >= 0.6 is 0 Å². The van der Waals surface area contributed by atoms with E-state index in [0.717, 1.165) is 42.3 Å². The molecule has 1 aromatic carbocycles. The van der Waals surface area contributed by atoms with E-state index in [-0.39, 0.29) is 0 Å². The fourth-order valence-electron chi connectivity index (χ4n) is 3.30. The Morgan fingerprint density at radius 2 is 1.92 bits per heavy atom. The van der Waals surface area contributed by atoms with Crippen molar-refractivity contribution < 1.29 is 8.42 Å². The second-order valence-corrected chi connectivity index (χ2v) is 8.28. The van der Waals surface area contributed by atoms with Gasteiger partial charge in [-0.25, -0.2) is 22.4 Å². The molecule has 0 N–H and O–H groups in total. The van der Waals surface area contributed by atoms with Crippen LogP contribution in [0.15, 0.2) is 59.8 Å². The summed E-state index contributed by atoms with van der Waals surface area (Å²) in [7, 11) is -3.58. The van der Waals surface area contributed by atoms with Gasteiger partial charge in [-0.3, -0.25) is 4.90 Å². The summed E-state index contributed by atoms with van der Waals surface area (Å²) >= 11 is 0. The predicted octanol–water partition coefficient (Wildman–Crippen LogP) is 2.38. The van der Waals surface area contributed by atoms with Gasteiger partial charge in [-0.1, -0.05) is 18.2 Å². The van der Waals surface area contributed by atoms with Gasteiger partial charge in [-0.05, 0) is 31.2 Å². The number of hydrogen-bond acceptors (Lipinski definition) is 5. The van der Waals surface area contributed by atoms with Gasteiger partial charge >= 0.3 is 0 Å². The van der Waals surface area contributed by atoms with Crippen LogP contribution < -0.4 is 0 Å². The molecule has 0 fully saturated rings. The van der Waals surface area contributed by atoms with E-state index in [4.69, 9.17) is 0 Å². The molecule has 0 saturated heterocycles. The first-order valence-electron chi connectivity index (χ1n) is 8.54. The molecular formula is C19H20N4O2S. The van der Waals surface area contributed by atoms with E-state index in [0.29, 0.717) is 11.4 Å². The Labute approximate surface area is 153 Å². The molecule has 4 rings (SSSR count). The van der Waals surface area contributed by atoms with Crippen LogP contribution in [0.25, 0.3) is 0 Å². The van der Waals surface area contributed by atoms with Crippen LogP contribution in [0.5, 0.6) is 0 Å². The number of fused-ring (bicyclic) bond motifs is 1. The van der Waals surface area contributed by atoms with Crippen LogP contribution in [-0.2, 0) is 29.5 Å². The summed E-state index contributed by atoms with van der Waals surface area (Å²) in [4.78, 5) is 11.3. The lowest BCUT2D eigenvalue weighted by atomic mass is 10.1. The molecule has 3 heterocycles. The molecule has 0 radical (unpaired) electrons. The van der Waals surface area contributed by atoms with Crippen molar-refractivity contribution in [1.29, 1.82) is 0 Å². The first-order valence-corrected chi connectivity index (χ1v) is 9.98. The smallest absolute Gasteiger partial charge is 0.267 e. The summed E-state index contributed by atoms with van der Waals surface area (Å²) < 4.78 is 27.2. The highest BCUT2D eigenvalue weighted by atomic mass is 32.2. The number of aromatic nitrogens is 3. The Morgan fingerprint density at radius 3 is 2.73 bits per heavy atom. The third-order valence-electron chi connectivity index (χ3n) is 4.61. The molecule has 0 spiro atoms. The van der Waals surface area contributed by atoms with Gasteiger partial charge in [0.1, 0.15) is 5.82 Å². The molecule has 3 aromatic rings. The van der Waals surface area contributed by atoms with Crippen molar-refractivity contribution in [3.63, 3.8) is 0 Å². The molecule has 134 valence electrons. The molecule has 1 aliphatic rings. The first-order chi connectivity index (χ1) is 12.5. The van der Waals surface area contributed by atoms with E-state index in [9.17, 15) is 8.42 Å². The standard InChI is InChI=1S/C19H20N4O2S/c1-15-20-12-16-13-22(11-9-19(16)21-15)14-17-6-5-10-23(17)26(24,25)18-7-3-2-4-8-18/h2-8,10,12H,9,11,13-14H2,1H3. The molecular weight excluding hydrogens is 348 g/mol. The SMILES string of the molecule is Cc1ncc2c(n1)CCN(Cc1cccn1S(=O)(=O)c1ccccc1)C2. The van der Waals surface area contributed by atoms with Crippen LogP contribution in [0.3, 0.4) is 0 Å². The number of aryl methyl sites for hydroxylation is 1. The van der Waals surface area contributed by atoms with E-state index in [2.05, 4.69) is 14.9 Å². The maximum Gasteiger partial charge on any atom is 0.267 e. The lowest BCUT2D eigenvalue weighted by Crippen LogP contribution is -2.32. The topological polar surface area (TPSA) is 68.1 Å². The molecule has 0 unspecified atom stereocenters. The number of benzene rings is 1. The van der Waals surface area contributed by atoms with Gasteiger partial charge in [0.2, 0.25) is 0 Å². The Kier molecular flexibility index (Phi) is 4.34. The van der Waals surface area contributed by atoms with Crippen LogP contribution in [0.1, 0.15) is 22.8 Å². The molecule has 1 aliphatic heterocycles. The van der Waals surface area contributed by atoms with Gasteiger partial charge in [0.25, 0.3) is 10.0 Å². The van der Waals surface area contributed by atoms with Crippen molar-refractivity contribution in [1.82, 2.24) is 18.8 Å². The molecule has 0 amide bonds. The summed E-state index contributed by atoms with van der Waals surface area (Å²) in [6.07, 6.45) is 4.34. The Balaban J connectivity index is 1.58. The quantitative estimate of drug-likeness (QED) is 0.707. The zero-order valence-corrected chi connectivity index (χ0v) is 15.4. The molecule has 0 atom stereocenters. The normalized spacial score (nSPS) is 15.0. The Bertz CT molecular complexity index is 1030. The second kappa shape index (κ2) is 6.66. The van der Waals surface area contributed by atoms with Crippen molar-refractivity contribution in [2.24, 2.45) is 0 Å². The molecule has 26 heavy (non-hydrogen) atoms. The fraction of sp³-hybridized carbons (Fsp3) is 0.263. The number of hydrogen-bond donors (Lipinski definition) is 0. The first kappa shape index (κ1) is 16.9. The van der Waals surface area contributed by atoms with Crippen molar-refractivity contribution in [3.05, 3.63) is 77.6 Å². The Morgan fingerprint density at radius 1 is 1.12 bits per heavy atom. The minimum Gasteiger partial charge on any atom is -0.293 e. The highest BCUT2D eigenvalue weighted by molar-refractivity contribution is 7.90. The van der Waals surface area contributed by atoms with Crippen LogP contribution in [0, 0.1) is 6.92 Å². The summed E-state index contributed by atoms with van der Waals surface area (Å²) in [5, 5.41) is 0. The summed E-state index contributed by atoms with van der Waals surface area (Å²) in [5.74, 6) is 0.792. The lowest BCUT2D eigenvalue weighted by Gasteiger charge is -2.28. The molecule has 0 bridgehead atoms. The predicted molar refractivity (Wildman–Crippen MR) is 98.0 cm³/mol. The van der Waals surface area contributed by atoms with Gasteiger partial charge in [-0.15, -0.1) is 0 Å². The van der Waals surface area contributed by atoms with Gasteiger partial charge < -0.3 is 0 Å². The zero-order valence-electron chi connectivity index (χ0n) is 14.5. The van der Waals surface area contributed by atoms with Crippen LogP contribution in [0.2, 0.25) is 0 Å². The van der Waals surface area contributed by atoms with E-state index < -0.39 is 10.0 Å². The Hall–Kier alpha value is -2.51. The van der Waals surface area contributed by atoms with Gasteiger partial charge in [0.15, 0.2) is 0 Å². The van der Waals surface area contributed by atoms with Crippen LogP contribution in [-0.4, -0.2) is 33.8 Å². The average Bonchev–Trinajstić information content (AvgIpc) is 3.11. The highest BCUT2D eigenvalue weighted by Gasteiger charge is 2.22. The molecule has 0 aliphatic carbocycles. The van der Waals surface area contributed by atoms with E-state index in [1.807, 2.05) is 25.3 Å². The third-order valence-corrected chi connectivity index (χ3v) is 6.35. The average molecular weight is 368 g/mol. The van der Waals surface area contributed by atoms with E-state index >= 15 is 0 Å². The number of nitrogens with zero attached hydrogens (tertiary/aromatic N) is 4. The minimum absolute atomic E-state index is 0.297. The van der Waals surface area contributed by atoms with E-state index in [1.54, 1.807) is 36.5 Å². The van der Waals surface area contributed by atoms with Gasteiger partial charge in [0, 0.05) is 55.4 Å². The summed E-state index contributed by atoms with van der Waals surface area (Å²) in [5.41, 5.74) is 2.97. The van der Waals surface area contributed by atoms with Crippen molar-refractivity contribution in [3.8, 4) is 0 Å². The van der Waals surface area contributed by atoms with Crippen molar-refractivity contribution in [2.45, 2.75) is 31.3 Å². The van der Waals surface area contributed by atoms with E-state index in [1.165, 1.54) is 3.97 Å². The fourth-order valence-corrected chi connectivity index (χ4v) is 4.69. The van der Waals surface area contributed by atoms with Gasteiger partial charge in [-0.2, -0.15) is 0 Å². The van der Waals surface area contributed by atoms with Crippen molar-refractivity contribution in [2.75, 3.05) is 6.54 Å². The number of rotatable bonds is 4.